The van der Waals surface area contributed by atoms with Crippen molar-refractivity contribution in [3.8, 4) is 5.75 Å². The van der Waals surface area contributed by atoms with Crippen molar-refractivity contribution in [1.82, 2.24) is 9.88 Å². The summed E-state index contributed by atoms with van der Waals surface area (Å²) < 4.78 is 20.6. The summed E-state index contributed by atoms with van der Waals surface area (Å²) in [6.07, 6.45) is 4.17. The number of hydrogen-bond acceptors (Lipinski definition) is 3. The van der Waals surface area contributed by atoms with E-state index in [0.717, 1.165) is 49.8 Å². The quantitative estimate of drug-likeness (QED) is 0.689. The van der Waals surface area contributed by atoms with Crippen LogP contribution < -0.4 is 10.3 Å². The number of nitrogens with one attached hydrogen (secondary N) is 1. The second kappa shape index (κ2) is 8.37. The number of pyridine rings is 1. The van der Waals surface area contributed by atoms with E-state index in [-0.39, 0.29) is 17.4 Å². The van der Waals surface area contributed by atoms with E-state index in [9.17, 15) is 9.18 Å². The summed E-state index contributed by atoms with van der Waals surface area (Å²) in [6.45, 7) is 6.89. The van der Waals surface area contributed by atoms with Crippen molar-refractivity contribution in [1.29, 1.82) is 0 Å². The van der Waals surface area contributed by atoms with Gasteiger partial charge in [0.25, 0.3) is 5.56 Å². The molecule has 0 amide bonds. The molecule has 29 heavy (non-hydrogen) atoms. The highest BCUT2D eigenvalue weighted by Gasteiger charge is 2.22. The fraction of sp³-hybridized carbons (Fsp3) is 0.375. The minimum absolute atomic E-state index is 0.0108. The largest absolute Gasteiger partial charge is 0.487 e. The van der Waals surface area contributed by atoms with E-state index in [4.69, 9.17) is 4.74 Å². The molecule has 0 radical (unpaired) electrons. The number of likely N-dealkylation sites (tertiary alicyclic amines) is 1. The number of aryl methyl sites for hydroxylation is 2. The molecule has 2 heterocycles. The van der Waals surface area contributed by atoms with E-state index in [2.05, 4.69) is 41.1 Å². The van der Waals surface area contributed by atoms with Crippen molar-refractivity contribution in [2.45, 2.75) is 45.8 Å². The van der Waals surface area contributed by atoms with Gasteiger partial charge in [0.2, 0.25) is 0 Å². The number of rotatable bonds is 5. The van der Waals surface area contributed by atoms with Crippen molar-refractivity contribution >= 4 is 10.8 Å². The lowest BCUT2D eigenvalue weighted by atomic mass is 10.0. The Morgan fingerprint density at radius 2 is 1.86 bits per heavy atom. The van der Waals surface area contributed by atoms with E-state index >= 15 is 0 Å². The lowest BCUT2D eigenvalue weighted by molar-refractivity contribution is 0.0937. The van der Waals surface area contributed by atoms with Crippen molar-refractivity contribution < 1.29 is 9.13 Å². The van der Waals surface area contributed by atoms with Crippen LogP contribution in [0.4, 0.5) is 4.39 Å². The van der Waals surface area contributed by atoms with Crippen LogP contribution in [0.3, 0.4) is 0 Å². The van der Waals surface area contributed by atoms with Gasteiger partial charge in [-0.25, -0.2) is 4.39 Å². The highest BCUT2D eigenvalue weighted by Crippen LogP contribution is 2.28. The average Bonchev–Trinajstić information content (AvgIpc) is 2.73. The zero-order valence-electron chi connectivity index (χ0n) is 17.0. The molecule has 1 aromatic heterocycles. The molecule has 2 aromatic carbocycles. The molecular formula is C24H27FN2O2. The van der Waals surface area contributed by atoms with Crippen LogP contribution in [0, 0.1) is 12.7 Å². The zero-order valence-corrected chi connectivity index (χ0v) is 17.0. The number of aromatic nitrogens is 1. The third-order valence-electron chi connectivity index (χ3n) is 5.78. The van der Waals surface area contributed by atoms with Crippen LogP contribution in [-0.4, -0.2) is 29.1 Å². The maximum absolute atomic E-state index is 14.6. The first-order valence-corrected chi connectivity index (χ1v) is 10.3. The number of benzene rings is 2. The molecule has 0 unspecified atom stereocenters. The third kappa shape index (κ3) is 4.35. The fourth-order valence-corrected chi connectivity index (χ4v) is 4.01. The Labute approximate surface area is 170 Å². The Morgan fingerprint density at radius 3 is 2.55 bits per heavy atom. The summed E-state index contributed by atoms with van der Waals surface area (Å²) in [6, 6.07) is 11.6. The van der Waals surface area contributed by atoms with E-state index in [1.165, 1.54) is 17.2 Å². The lowest BCUT2D eigenvalue weighted by Crippen LogP contribution is -2.37. The van der Waals surface area contributed by atoms with Gasteiger partial charge in [-0.1, -0.05) is 36.8 Å². The average molecular weight is 394 g/mol. The molecule has 1 fully saturated rings. The van der Waals surface area contributed by atoms with Crippen LogP contribution in [0.1, 0.15) is 36.5 Å². The third-order valence-corrected chi connectivity index (χ3v) is 5.78. The monoisotopic (exact) mass is 394 g/mol. The molecule has 0 bridgehead atoms. The van der Waals surface area contributed by atoms with Crippen LogP contribution in [0.15, 0.2) is 47.4 Å². The zero-order chi connectivity index (χ0) is 20.4. The Kier molecular flexibility index (Phi) is 5.67. The molecular weight excluding hydrogens is 367 g/mol. The number of ether oxygens (including phenoxy) is 1. The number of aromatic amines is 1. The van der Waals surface area contributed by atoms with Gasteiger partial charge in [0.15, 0.2) is 11.6 Å². The molecule has 0 spiro atoms. The summed E-state index contributed by atoms with van der Waals surface area (Å²) in [5.41, 5.74) is 3.30. The van der Waals surface area contributed by atoms with E-state index < -0.39 is 5.82 Å². The predicted molar refractivity (Wildman–Crippen MR) is 114 cm³/mol. The maximum atomic E-state index is 14.6. The fourth-order valence-electron chi connectivity index (χ4n) is 4.01. The van der Waals surface area contributed by atoms with Gasteiger partial charge in [0.05, 0.1) is 5.39 Å². The molecule has 1 N–H and O–H groups in total. The van der Waals surface area contributed by atoms with Crippen molar-refractivity contribution in [3.63, 3.8) is 0 Å². The van der Waals surface area contributed by atoms with Gasteiger partial charge in [-0.15, -0.1) is 0 Å². The molecule has 1 aliphatic rings. The van der Waals surface area contributed by atoms with Gasteiger partial charge in [-0.05, 0) is 54.8 Å². The molecule has 4 nitrogen and oxygen atoms in total. The minimum Gasteiger partial charge on any atom is -0.487 e. The van der Waals surface area contributed by atoms with E-state index in [1.807, 2.05) is 6.92 Å². The van der Waals surface area contributed by atoms with Crippen molar-refractivity contribution in [3.05, 3.63) is 75.5 Å². The highest BCUT2D eigenvalue weighted by atomic mass is 19.1. The Morgan fingerprint density at radius 1 is 1.14 bits per heavy atom. The van der Waals surface area contributed by atoms with Gasteiger partial charge >= 0.3 is 0 Å². The number of H-pyrrole nitrogens is 1. The number of fused-ring (bicyclic) bond motifs is 1. The van der Waals surface area contributed by atoms with Crippen molar-refractivity contribution in [2.24, 2.45) is 0 Å². The van der Waals surface area contributed by atoms with Gasteiger partial charge in [0.1, 0.15) is 6.10 Å². The first-order valence-electron chi connectivity index (χ1n) is 10.3. The molecule has 0 atom stereocenters. The summed E-state index contributed by atoms with van der Waals surface area (Å²) in [5.74, 6) is -0.229. The van der Waals surface area contributed by atoms with Gasteiger partial charge < -0.3 is 9.72 Å². The molecule has 152 valence electrons. The number of halogens is 1. The van der Waals surface area contributed by atoms with Crippen molar-refractivity contribution in [2.75, 3.05) is 13.1 Å². The van der Waals surface area contributed by atoms with Crippen LogP contribution in [0.25, 0.3) is 10.8 Å². The summed E-state index contributed by atoms with van der Waals surface area (Å²) in [5, 5.41) is 1.14. The normalized spacial score (nSPS) is 15.7. The molecule has 1 aliphatic heterocycles. The molecule has 0 aliphatic carbocycles. The topological polar surface area (TPSA) is 45.3 Å². The van der Waals surface area contributed by atoms with Gasteiger partial charge in [0, 0.05) is 25.8 Å². The first kappa shape index (κ1) is 19.6. The molecule has 4 rings (SSSR count). The van der Waals surface area contributed by atoms with Gasteiger partial charge in [-0.2, -0.15) is 0 Å². The molecule has 0 saturated carbocycles. The molecule has 1 saturated heterocycles. The number of piperidine rings is 1. The minimum atomic E-state index is -0.474. The first-order chi connectivity index (χ1) is 14.0. The predicted octanol–water partition coefficient (Wildman–Crippen LogP) is 4.58. The van der Waals surface area contributed by atoms with E-state index in [1.54, 1.807) is 12.3 Å². The Bertz CT molecular complexity index is 1050. The standard InChI is InChI=1S/C24H27FN2O2/c1-3-18-14-26-24(28)21-12-22(25)23(13-20(18)21)29-19-8-10-27(11-9-19)15-17-6-4-16(2)5-7-17/h4-7,12-14,19H,3,8-11,15H2,1-2H3,(H,26,28). The smallest absolute Gasteiger partial charge is 0.255 e. The van der Waals surface area contributed by atoms with Gasteiger partial charge in [-0.3, -0.25) is 9.69 Å². The Balaban J connectivity index is 1.44. The second-order valence-corrected chi connectivity index (χ2v) is 7.90. The Hall–Kier alpha value is -2.66. The molecule has 5 heteroatoms. The van der Waals surface area contributed by atoms with Crippen LogP contribution in [0.5, 0.6) is 5.75 Å². The number of nitrogens with zero attached hydrogens (tertiary/aromatic N) is 1. The summed E-state index contributed by atoms with van der Waals surface area (Å²) in [4.78, 5) is 17.1. The van der Waals surface area contributed by atoms with Crippen LogP contribution in [-0.2, 0) is 13.0 Å². The highest BCUT2D eigenvalue weighted by molar-refractivity contribution is 5.86. The molecule has 3 aromatic rings. The van der Waals surface area contributed by atoms with Crippen LogP contribution in [0.2, 0.25) is 0 Å². The summed E-state index contributed by atoms with van der Waals surface area (Å²) in [7, 11) is 0. The number of hydrogen-bond donors (Lipinski definition) is 1. The maximum Gasteiger partial charge on any atom is 0.255 e. The second-order valence-electron chi connectivity index (χ2n) is 7.90. The SMILES string of the molecule is CCc1c[nH]c(=O)c2cc(F)c(OC3CCN(Cc4ccc(C)cc4)CC3)cc12. The van der Waals surface area contributed by atoms with Crippen LogP contribution >= 0.6 is 0 Å². The van der Waals surface area contributed by atoms with E-state index in [0.29, 0.717) is 5.39 Å². The summed E-state index contributed by atoms with van der Waals surface area (Å²) >= 11 is 0. The lowest BCUT2D eigenvalue weighted by Gasteiger charge is -2.32.